The van der Waals surface area contributed by atoms with E-state index in [0.717, 1.165) is 10.6 Å². The molecule has 0 spiro atoms. The maximum Gasteiger partial charge on any atom is 0.127 e. The van der Waals surface area contributed by atoms with Gasteiger partial charge >= 0.3 is 0 Å². The van der Waals surface area contributed by atoms with Crippen LogP contribution in [0.1, 0.15) is 42.0 Å². The fraction of sp³-hybridized carbons (Fsp3) is 0.385. The highest BCUT2D eigenvalue weighted by Gasteiger charge is 2.20. The molecule has 0 amide bonds. The van der Waals surface area contributed by atoms with Crippen LogP contribution in [0.15, 0.2) is 22.7 Å². The lowest BCUT2D eigenvalue weighted by molar-refractivity contribution is 0.179. The predicted molar refractivity (Wildman–Crippen MR) is 76.8 cm³/mol. The molecule has 2 rings (SSSR count). The minimum atomic E-state index is -0.770. The smallest absolute Gasteiger partial charge is 0.127 e. The molecule has 1 aromatic carbocycles. The first kappa shape index (κ1) is 14.6. The van der Waals surface area contributed by atoms with Gasteiger partial charge in [-0.3, -0.25) is 0 Å². The molecule has 3 nitrogen and oxygen atoms in total. The number of aliphatic hydroxyl groups is 1. The number of hydrogen-bond donors (Lipinski definition) is 1. The zero-order valence-electron chi connectivity index (χ0n) is 10.6. The SMILES string of the molecule is CC(C)c1nnsc1C(O)Cc1ccc(Br)cc1F. The predicted octanol–water partition coefficient (Wildman–Crippen LogP) is 3.84. The molecule has 6 heteroatoms. The van der Waals surface area contributed by atoms with Crippen LogP contribution in [0, 0.1) is 5.82 Å². The van der Waals surface area contributed by atoms with Gasteiger partial charge in [0.15, 0.2) is 0 Å². The highest BCUT2D eigenvalue weighted by molar-refractivity contribution is 9.10. The molecule has 0 aliphatic carbocycles. The molecule has 0 aliphatic rings. The van der Waals surface area contributed by atoms with Gasteiger partial charge in [0, 0.05) is 10.9 Å². The molecule has 0 radical (unpaired) electrons. The Morgan fingerprint density at radius 2 is 2.16 bits per heavy atom. The lowest BCUT2D eigenvalue weighted by Crippen LogP contribution is -2.05. The molecule has 1 aromatic heterocycles. The second-order valence-corrected chi connectivity index (χ2v) is 6.33. The molecular weight excluding hydrogens is 331 g/mol. The van der Waals surface area contributed by atoms with Crippen molar-refractivity contribution >= 4 is 27.5 Å². The molecule has 19 heavy (non-hydrogen) atoms. The normalized spacial score (nSPS) is 12.9. The first-order valence-electron chi connectivity index (χ1n) is 5.93. The van der Waals surface area contributed by atoms with E-state index >= 15 is 0 Å². The van der Waals surface area contributed by atoms with Gasteiger partial charge in [0.1, 0.15) is 5.82 Å². The summed E-state index contributed by atoms with van der Waals surface area (Å²) in [5.41, 5.74) is 1.27. The van der Waals surface area contributed by atoms with E-state index in [2.05, 4.69) is 25.5 Å². The van der Waals surface area contributed by atoms with Crippen LogP contribution < -0.4 is 0 Å². The summed E-state index contributed by atoms with van der Waals surface area (Å²) in [6, 6.07) is 4.84. The Labute approximate surface area is 123 Å². The van der Waals surface area contributed by atoms with Crippen LogP contribution >= 0.6 is 27.5 Å². The van der Waals surface area contributed by atoms with Crippen molar-refractivity contribution in [2.75, 3.05) is 0 Å². The Bertz CT molecular complexity index is 574. The standard InChI is InChI=1S/C13H14BrFN2OS/c1-7(2)12-13(19-17-16-12)11(18)5-8-3-4-9(14)6-10(8)15/h3-4,6-7,11,18H,5H2,1-2H3. The van der Waals surface area contributed by atoms with Crippen molar-refractivity contribution in [1.82, 2.24) is 9.59 Å². The second kappa shape index (κ2) is 6.07. The molecule has 1 atom stereocenters. The quantitative estimate of drug-likeness (QED) is 0.916. The average molecular weight is 345 g/mol. The van der Waals surface area contributed by atoms with Crippen LogP contribution in [-0.2, 0) is 6.42 Å². The number of aliphatic hydroxyl groups excluding tert-OH is 1. The third-order valence-electron chi connectivity index (χ3n) is 2.82. The zero-order chi connectivity index (χ0) is 14.0. The van der Waals surface area contributed by atoms with Gasteiger partial charge in [-0.25, -0.2) is 4.39 Å². The van der Waals surface area contributed by atoms with Crippen molar-refractivity contribution in [2.24, 2.45) is 0 Å². The summed E-state index contributed by atoms with van der Waals surface area (Å²) in [6.45, 7) is 3.99. The zero-order valence-corrected chi connectivity index (χ0v) is 13.0. The van der Waals surface area contributed by atoms with Gasteiger partial charge in [0.25, 0.3) is 0 Å². The van der Waals surface area contributed by atoms with Crippen molar-refractivity contribution in [3.05, 3.63) is 44.6 Å². The van der Waals surface area contributed by atoms with E-state index in [1.165, 1.54) is 17.6 Å². The average Bonchev–Trinajstić information content (AvgIpc) is 2.82. The van der Waals surface area contributed by atoms with Crippen LogP contribution in [0.25, 0.3) is 0 Å². The first-order valence-corrected chi connectivity index (χ1v) is 7.49. The summed E-state index contributed by atoms with van der Waals surface area (Å²) < 4.78 is 18.3. The van der Waals surface area contributed by atoms with Crippen molar-refractivity contribution in [3.8, 4) is 0 Å². The van der Waals surface area contributed by atoms with Crippen molar-refractivity contribution in [1.29, 1.82) is 0 Å². The Hall–Kier alpha value is -0.850. The minimum absolute atomic E-state index is 0.193. The molecule has 0 fully saturated rings. The molecule has 0 aliphatic heterocycles. The van der Waals surface area contributed by atoms with Crippen molar-refractivity contribution < 1.29 is 9.50 Å². The molecular formula is C13H14BrFN2OS. The largest absolute Gasteiger partial charge is 0.387 e. The Morgan fingerprint density at radius 3 is 2.79 bits per heavy atom. The van der Waals surface area contributed by atoms with E-state index in [9.17, 15) is 9.50 Å². The van der Waals surface area contributed by atoms with Crippen LogP contribution in [0.3, 0.4) is 0 Å². The van der Waals surface area contributed by atoms with E-state index in [1.54, 1.807) is 12.1 Å². The van der Waals surface area contributed by atoms with Crippen molar-refractivity contribution in [2.45, 2.75) is 32.3 Å². The number of benzene rings is 1. The fourth-order valence-electron chi connectivity index (χ4n) is 1.82. The number of hydrogen-bond acceptors (Lipinski definition) is 4. The maximum atomic E-state index is 13.7. The monoisotopic (exact) mass is 344 g/mol. The summed E-state index contributed by atoms with van der Waals surface area (Å²) in [6.07, 6.45) is -0.545. The summed E-state index contributed by atoms with van der Waals surface area (Å²) >= 11 is 4.38. The highest BCUT2D eigenvalue weighted by atomic mass is 79.9. The molecule has 1 heterocycles. The van der Waals surface area contributed by atoms with Crippen LogP contribution in [-0.4, -0.2) is 14.7 Å². The highest BCUT2D eigenvalue weighted by Crippen LogP contribution is 2.29. The third-order valence-corrected chi connectivity index (χ3v) is 4.15. The summed E-state index contributed by atoms with van der Waals surface area (Å²) in [5, 5.41) is 14.3. The molecule has 0 saturated heterocycles. The third kappa shape index (κ3) is 3.38. The minimum Gasteiger partial charge on any atom is -0.387 e. The second-order valence-electron chi connectivity index (χ2n) is 4.63. The van der Waals surface area contributed by atoms with Gasteiger partial charge in [-0.1, -0.05) is 40.3 Å². The lowest BCUT2D eigenvalue weighted by Gasteiger charge is -2.12. The van der Waals surface area contributed by atoms with Gasteiger partial charge < -0.3 is 5.11 Å². The van der Waals surface area contributed by atoms with E-state index in [1.807, 2.05) is 13.8 Å². The topological polar surface area (TPSA) is 46.0 Å². The van der Waals surface area contributed by atoms with Crippen LogP contribution in [0.2, 0.25) is 0 Å². The molecule has 102 valence electrons. The molecule has 1 unspecified atom stereocenters. The number of rotatable bonds is 4. The Kier molecular flexibility index (Phi) is 4.65. The van der Waals surface area contributed by atoms with Gasteiger partial charge in [0.05, 0.1) is 16.7 Å². The van der Waals surface area contributed by atoms with Crippen LogP contribution in [0.5, 0.6) is 0 Å². The van der Waals surface area contributed by atoms with E-state index in [4.69, 9.17) is 0 Å². The fourth-order valence-corrected chi connectivity index (χ4v) is 2.95. The Balaban J connectivity index is 2.21. The number of aromatic nitrogens is 2. The van der Waals surface area contributed by atoms with Gasteiger partial charge in [0.2, 0.25) is 0 Å². The Morgan fingerprint density at radius 1 is 1.42 bits per heavy atom. The van der Waals surface area contributed by atoms with Gasteiger partial charge in [-0.2, -0.15) is 0 Å². The van der Waals surface area contributed by atoms with Crippen molar-refractivity contribution in [3.63, 3.8) is 0 Å². The number of halogens is 2. The molecule has 1 N–H and O–H groups in total. The maximum absolute atomic E-state index is 13.7. The van der Waals surface area contributed by atoms with Gasteiger partial charge in [-0.15, -0.1) is 5.10 Å². The van der Waals surface area contributed by atoms with Crippen LogP contribution in [0.4, 0.5) is 4.39 Å². The number of nitrogens with zero attached hydrogens (tertiary/aromatic N) is 2. The van der Waals surface area contributed by atoms with E-state index < -0.39 is 6.10 Å². The van der Waals surface area contributed by atoms with E-state index in [-0.39, 0.29) is 18.2 Å². The molecule has 2 aromatic rings. The molecule has 0 bridgehead atoms. The van der Waals surface area contributed by atoms with Gasteiger partial charge in [-0.05, 0) is 35.1 Å². The summed E-state index contributed by atoms with van der Waals surface area (Å²) in [5.74, 6) is -0.129. The first-order chi connectivity index (χ1) is 8.99. The summed E-state index contributed by atoms with van der Waals surface area (Å²) in [4.78, 5) is 0.720. The lowest BCUT2D eigenvalue weighted by atomic mass is 10.0. The summed E-state index contributed by atoms with van der Waals surface area (Å²) in [7, 11) is 0. The molecule has 0 saturated carbocycles. The van der Waals surface area contributed by atoms with E-state index in [0.29, 0.717) is 10.0 Å².